The second-order valence-corrected chi connectivity index (χ2v) is 2.60. The van der Waals surface area contributed by atoms with Crippen LogP contribution in [0.1, 0.15) is 5.76 Å². The molecule has 0 aliphatic heterocycles. The molecule has 56 valence electrons. The zero-order valence-corrected chi connectivity index (χ0v) is 6.59. The van der Waals surface area contributed by atoms with Crippen LogP contribution in [0.25, 0.3) is 11.1 Å². The van der Waals surface area contributed by atoms with Gasteiger partial charge in [0.05, 0.1) is 5.39 Å². The van der Waals surface area contributed by atoms with Crippen LogP contribution in [0, 0.1) is 6.92 Å². The summed E-state index contributed by atoms with van der Waals surface area (Å²) in [5.41, 5.74) is 0.544. The molecule has 4 heteroatoms. The molecule has 3 nitrogen and oxygen atoms in total. The summed E-state index contributed by atoms with van der Waals surface area (Å²) in [5, 5.41) is 1.21. The number of hydrogen-bond acceptors (Lipinski definition) is 3. The molecule has 2 aromatic rings. The number of nitrogens with zero attached hydrogens (tertiary/aromatic N) is 2. The van der Waals surface area contributed by atoms with E-state index < -0.39 is 0 Å². The van der Waals surface area contributed by atoms with Crippen LogP contribution in [0.5, 0.6) is 0 Å². The van der Waals surface area contributed by atoms with E-state index in [9.17, 15) is 0 Å². The van der Waals surface area contributed by atoms with Gasteiger partial charge in [0.2, 0.25) is 5.71 Å². The predicted octanol–water partition coefficient (Wildman–Crippen LogP) is 2.18. The fourth-order valence-corrected chi connectivity index (χ4v) is 1.13. The quantitative estimate of drug-likeness (QED) is 0.566. The van der Waals surface area contributed by atoms with Crippen LogP contribution in [0.2, 0.25) is 5.15 Å². The van der Waals surface area contributed by atoms with E-state index in [-0.39, 0.29) is 0 Å². The van der Waals surface area contributed by atoms with Gasteiger partial charge in [0.15, 0.2) is 0 Å². The molecule has 0 atom stereocenters. The highest BCUT2D eigenvalue weighted by molar-refractivity contribution is 6.33. The van der Waals surface area contributed by atoms with E-state index in [1.54, 1.807) is 0 Å². The second-order valence-electron chi connectivity index (χ2n) is 2.24. The number of furan rings is 1. The molecule has 2 aromatic heterocycles. The minimum atomic E-state index is 0.437. The van der Waals surface area contributed by atoms with Crippen LogP contribution in [0.4, 0.5) is 0 Å². The lowest BCUT2D eigenvalue weighted by Crippen LogP contribution is -1.77. The maximum Gasteiger partial charge on any atom is 0.230 e. The van der Waals surface area contributed by atoms with Crippen molar-refractivity contribution in [2.24, 2.45) is 0 Å². The van der Waals surface area contributed by atoms with Crippen LogP contribution in [0.15, 0.2) is 16.8 Å². The van der Waals surface area contributed by atoms with Gasteiger partial charge in [-0.2, -0.15) is 0 Å². The van der Waals surface area contributed by atoms with E-state index in [1.165, 1.54) is 6.33 Å². The number of aryl methyl sites for hydroxylation is 1. The lowest BCUT2D eigenvalue weighted by Gasteiger charge is -1.86. The summed E-state index contributed by atoms with van der Waals surface area (Å²) in [6.45, 7) is 1.85. The van der Waals surface area contributed by atoms with Crippen molar-refractivity contribution in [3.8, 4) is 0 Å². The highest BCUT2D eigenvalue weighted by atomic mass is 35.5. The predicted molar refractivity (Wildman–Crippen MR) is 41.6 cm³/mol. The van der Waals surface area contributed by atoms with Gasteiger partial charge in [-0.1, -0.05) is 11.6 Å². The van der Waals surface area contributed by atoms with Crippen molar-refractivity contribution >= 4 is 22.7 Å². The Balaban J connectivity index is 2.90. The van der Waals surface area contributed by atoms with Gasteiger partial charge < -0.3 is 4.42 Å². The van der Waals surface area contributed by atoms with Crippen LogP contribution >= 0.6 is 11.6 Å². The van der Waals surface area contributed by atoms with Crippen molar-refractivity contribution in [1.82, 2.24) is 9.97 Å². The Labute approximate surface area is 68.0 Å². The van der Waals surface area contributed by atoms with Crippen molar-refractivity contribution in [2.75, 3.05) is 0 Å². The van der Waals surface area contributed by atoms with Gasteiger partial charge >= 0.3 is 0 Å². The first-order valence-electron chi connectivity index (χ1n) is 3.14. The van der Waals surface area contributed by atoms with E-state index in [0.717, 1.165) is 11.1 Å². The molecule has 0 aliphatic carbocycles. The number of hydrogen-bond donors (Lipinski definition) is 0. The minimum Gasteiger partial charge on any atom is -0.443 e. The third-order valence-corrected chi connectivity index (χ3v) is 1.71. The molecular formula is C7H5ClN2O. The van der Waals surface area contributed by atoms with Gasteiger partial charge in [-0.15, -0.1) is 0 Å². The topological polar surface area (TPSA) is 38.9 Å². The van der Waals surface area contributed by atoms with Crippen molar-refractivity contribution < 1.29 is 4.42 Å². The normalized spacial score (nSPS) is 10.7. The smallest absolute Gasteiger partial charge is 0.230 e. The summed E-state index contributed by atoms with van der Waals surface area (Å²) in [5.74, 6) is 0.794. The second kappa shape index (κ2) is 2.20. The van der Waals surface area contributed by atoms with Crippen molar-refractivity contribution in [3.05, 3.63) is 23.3 Å². The van der Waals surface area contributed by atoms with E-state index in [2.05, 4.69) is 9.97 Å². The Bertz CT molecular complexity index is 396. The van der Waals surface area contributed by atoms with Crippen LogP contribution in [-0.4, -0.2) is 9.97 Å². The molecule has 0 saturated heterocycles. The van der Waals surface area contributed by atoms with Crippen molar-refractivity contribution in [3.63, 3.8) is 0 Å². The highest BCUT2D eigenvalue weighted by Gasteiger charge is 2.04. The summed E-state index contributed by atoms with van der Waals surface area (Å²) in [7, 11) is 0. The first-order chi connectivity index (χ1) is 5.27. The summed E-state index contributed by atoms with van der Waals surface area (Å²) < 4.78 is 5.21. The van der Waals surface area contributed by atoms with Gasteiger partial charge in [-0.3, -0.25) is 0 Å². The van der Waals surface area contributed by atoms with Gasteiger partial charge in [0.1, 0.15) is 17.2 Å². The maximum atomic E-state index is 5.76. The molecular weight excluding hydrogens is 164 g/mol. The summed E-state index contributed by atoms with van der Waals surface area (Å²) in [6, 6.07) is 1.82. The molecule has 0 aliphatic rings. The summed E-state index contributed by atoms with van der Waals surface area (Å²) in [6.07, 6.45) is 1.38. The van der Waals surface area contributed by atoms with Crippen LogP contribution in [-0.2, 0) is 0 Å². The molecule has 0 unspecified atom stereocenters. The molecule has 2 rings (SSSR count). The van der Waals surface area contributed by atoms with Crippen LogP contribution in [0.3, 0.4) is 0 Å². The average molecular weight is 169 g/mol. The SMILES string of the molecule is Cc1cc2c(Cl)ncnc2o1. The van der Waals surface area contributed by atoms with E-state index >= 15 is 0 Å². The fourth-order valence-electron chi connectivity index (χ4n) is 0.947. The van der Waals surface area contributed by atoms with Gasteiger partial charge in [0.25, 0.3) is 0 Å². The molecule has 0 N–H and O–H groups in total. The molecule has 0 spiro atoms. The van der Waals surface area contributed by atoms with Gasteiger partial charge in [-0.25, -0.2) is 9.97 Å². The molecule has 0 radical (unpaired) electrons. The van der Waals surface area contributed by atoms with Crippen LogP contribution < -0.4 is 0 Å². The van der Waals surface area contributed by atoms with E-state index in [0.29, 0.717) is 10.9 Å². The molecule has 0 bridgehead atoms. The van der Waals surface area contributed by atoms with Crippen molar-refractivity contribution in [1.29, 1.82) is 0 Å². The van der Waals surface area contributed by atoms with Gasteiger partial charge in [-0.05, 0) is 13.0 Å². The largest absolute Gasteiger partial charge is 0.443 e. The molecule has 2 heterocycles. The molecule has 0 fully saturated rings. The standard InChI is InChI=1S/C7H5ClN2O/c1-4-2-5-6(8)9-3-10-7(5)11-4/h2-3H,1H3. The third-order valence-electron chi connectivity index (χ3n) is 1.40. The average Bonchev–Trinajstić information content (AvgIpc) is 2.31. The first-order valence-corrected chi connectivity index (χ1v) is 3.52. The minimum absolute atomic E-state index is 0.437. The highest BCUT2D eigenvalue weighted by Crippen LogP contribution is 2.21. The monoisotopic (exact) mass is 168 g/mol. The Hall–Kier alpha value is -1.09. The zero-order chi connectivity index (χ0) is 7.84. The zero-order valence-electron chi connectivity index (χ0n) is 5.84. The molecule has 0 saturated carbocycles. The van der Waals surface area contributed by atoms with Crippen molar-refractivity contribution in [2.45, 2.75) is 6.92 Å². The molecule has 0 aromatic carbocycles. The number of aromatic nitrogens is 2. The Kier molecular flexibility index (Phi) is 1.32. The molecule has 11 heavy (non-hydrogen) atoms. The Morgan fingerprint density at radius 1 is 1.45 bits per heavy atom. The molecule has 0 amide bonds. The Morgan fingerprint density at radius 2 is 2.27 bits per heavy atom. The number of halogens is 1. The third kappa shape index (κ3) is 0.973. The Morgan fingerprint density at radius 3 is 3.00 bits per heavy atom. The van der Waals surface area contributed by atoms with E-state index in [4.69, 9.17) is 16.0 Å². The fraction of sp³-hybridized carbons (Fsp3) is 0.143. The van der Waals surface area contributed by atoms with E-state index in [1.807, 2.05) is 13.0 Å². The first kappa shape index (κ1) is 6.61. The number of fused-ring (bicyclic) bond motifs is 1. The number of rotatable bonds is 0. The lowest BCUT2D eigenvalue weighted by atomic mass is 10.4. The summed E-state index contributed by atoms with van der Waals surface area (Å²) in [4.78, 5) is 7.72. The maximum absolute atomic E-state index is 5.76. The summed E-state index contributed by atoms with van der Waals surface area (Å²) >= 11 is 5.76. The lowest BCUT2D eigenvalue weighted by molar-refractivity contribution is 0.567. The van der Waals surface area contributed by atoms with Gasteiger partial charge in [0, 0.05) is 0 Å².